The van der Waals surface area contributed by atoms with E-state index in [1.54, 1.807) is 6.20 Å². The van der Waals surface area contributed by atoms with Crippen molar-refractivity contribution in [1.29, 1.82) is 0 Å². The molecule has 0 radical (unpaired) electrons. The standard InChI is InChI=1S/C20H22F3N5O3S/c1-28(19-14-5-7-24-18(14)25-11-26-19)13-9-12(10-13)6-8-32(29,30)15-3-4-16(31-2)27-17(15)20(21,22)23/h3-5,7,11-13H,6,8-10H2,1-2H3,(H,24,25,26). The van der Waals surface area contributed by atoms with Gasteiger partial charge in [-0.05, 0) is 37.3 Å². The van der Waals surface area contributed by atoms with E-state index in [9.17, 15) is 21.6 Å². The van der Waals surface area contributed by atoms with Crippen LogP contribution in [0.3, 0.4) is 0 Å². The smallest absolute Gasteiger partial charge is 0.434 e. The van der Waals surface area contributed by atoms with Crippen LogP contribution in [0.25, 0.3) is 11.0 Å². The highest BCUT2D eigenvalue weighted by Gasteiger charge is 2.40. The number of sulfone groups is 1. The lowest BCUT2D eigenvalue weighted by Gasteiger charge is -2.42. The molecule has 3 heterocycles. The van der Waals surface area contributed by atoms with Crippen LogP contribution in [0.4, 0.5) is 19.0 Å². The van der Waals surface area contributed by atoms with E-state index in [0.717, 1.165) is 41.8 Å². The van der Waals surface area contributed by atoms with E-state index in [0.29, 0.717) is 0 Å². The summed E-state index contributed by atoms with van der Waals surface area (Å²) < 4.78 is 70.2. The van der Waals surface area contributed by atoms with Crippen LogP contribution >= 0.6 is 0 Å². The zero-order chi connectivity index (χ0) is 23.1. The van der Waals surface area contributed by atoms with Crippen LogP contribution in [-0.4, -0.2) is 54.3 Å². The molecule has 4 rings (SSSR count). The lowest BCUT2D eigenvalue weighted by molar-refractivity contribution is -0.143. The van der Waals surface area contributed by atoms with Gasteiger partial charge in [0.1, 0.15) is 17.8 Å². The van der Waals surface area contributed by atoms with Gasteiger partial charge >= 0.3 is 6.18 Å². The molecule has 0 unspecified atom stereocenters. The van der Waals surface area contributed by atoms with Crippen LogP contribution in [0.1, 0.15) is 25.0 Å². The van der Waals surface area contributed by atoms with E-state index < -0.39 is 26.6 Å². The molecule has 0 amide bonds. The van der Waals surface area contributed by atoms with Gasteiger partial charge in [0.2, 0.25) is 5.88 Å². The van der Waals surface area contributed by atoms with E-state index >= 15 is 0 Å². The Kier molecular flexibility index (Phi) is 5.74. The molecule has 0 bridgehead atoms. The van der Waals surface area contributed by atoms with Gasteiger partial charge in [0.25, 0.3) is 0 Å². The van der Waals surface area contributed by atoms with E-state index in [1.807, 2.05) is 18.0 Å². The summed E-state index contributed by atoms with van der Waals surface area (Å²) in [5, 5.41) is 0.896. The van der Waals surface area contributed by atoms with Gasteiger partial charge in [-0.2, -0.15) is 13.2 Å². The largest absolute Gasteiger partial charge is 0.481 e. The van der Waals surface area contributed by atoms with Crippen LogP contribution < -0.4 is 9.64 Å². The van der Waals surface area contributed by atoms with Crippen molar-refractivity contribution in [2.75, 3.05) is 24.8 Å². The number of aromatic amines is 1. The summed E-state index contributed by atoms with van der Waals surface area (Å²) in [5.41, 5.74) is -0.709. The van der Waals surface area contributed by atoms with Crippen LogP contribution in [0, 0.1) is 5.92 Å². The number of rotatable bonds is 7. The zero-order valence-corrected chi connectivity index (χ0v) is 18.2. The van der Waals surface area contributed by atoms with Crippen molar-refractivity contribution < 1.29 is 26.3 Å². The molecule has 0 atom stereocenters. The molecule has 8 nitrogen and oxygen atoms in total. The van der Waals surface area contributed by atoms with Crippen LogP contribution in [0.15, 0.2) is 35.6 Å². The minimum Gasteiger partial charge on any atom is -0.481 e. The van der Waals surface area contributed by atoms with Crippen molar-refractivity contribution in [2.45, 2.75) is 36.4 Å². The second-order valence-electron chi connectivity index (χ2n) is 7.85. The number of pyridine rings is 1. The molecule has 1 saturated carbocycles. The van der Waals surface area contributed by atoms with Crippen molar-refractivity contribution in [3.63, 3.8) is 0 Å². The fraction of sp³-hybridized carbons (Fsp3) is 0.450. The molecule has 1 N–H and O–H groups in total. The third-order valence-electron chi connectivity index (χ3n) is 5.87. The average Bonchev–Trinajstić information content (AvgIpc) is 3.20. The van der Waals surface area contributed by atoms with Crippen molar-refractivity contribution in [1.82, 2.24) is 19.9 Å². The van der Waals surface area contributed by atoms with Gasteiger partial charge in [0.05, 0.1) is 23.1 Å². The monoisotopic (exact) mass is 469 g/mol. The first-order chi connectivity index (χ1) is 15.1. The highest BCUT2D eigenvalue weighted by atomic mass is 32.2. The van der Waals surface area contributed by atoms with Gasteiger partial charge in [-0.25, -0.2) is 23.4 Å². The molecule has 12 heteroatoms. The summed E-state index contributed by atoms with van der Waals surface area (Å²) in [7, 11) is -1.07. The van der Waals surface area contributed by atoms with Gasteiger partial charge in [-0.1, -0.05) is 0 Å². The highest BCUT2D eigenvalue weighted by Crippen LogP contribution is 2.39. The number of aromatic nitrogens is 4. The second-order valence-corrected chi connectivity index (χ2v) is 9.92. The van der Waals surface area contributed by atoms with Crippen LogP contribution in [0.2, 0.25) is 0 Å². The van der Waals surface area contributed by atoms with Crippen molar-refractivity contribution >= 4 is 26.7 Å². The minimum atomic E-state index is -4.90. The van der Waals surface area contributed by atoms with Crippen molar-refractivity contribution in [3.8, 4) is 5.88 Å². The number of H-pyrrole nitrogens is 1. The summed E-state index contributed by atoms with van der Waals surface area (Å²) in [6.07, 6.45) is 0.106. The lowest BCUT2D eigenvalue weighted by atomic mass is 9.78. The molecular formula is C20H22F3N5O3S. The predicted octanol–water partition coefficient (Wildman–Crippen LogP) is 3.46. The van der Waals surface area contributed by atoms with Crippen LogP contribution in [-0.2, 0) is 16.0 Å². The summed E-state index contributed by atoms with van der Waals surface area (Å²) in [5.74, 6) is 0.218. The summed E-state index contributed by atoms with van der Waals surface area (Å²) in [6, 6.07) is 4.10. The summed E-state index contributed by atoms with van der Waals surface area (Å²) in [4.78, 5) is 16.1. The Morgan fingerprint density at radius 3 is 2.66 bits per heavy atom. The molecule has 0 aromatic carbocycles. The highest BCUT2D eigenvalue weighted by molar-refractivity contribution is 7.91. The maximum atomic E-state index is 13.4. The summed E-state index contributed by atoms with van der Waals surface area (Å²) in [6.45, 7) is 0. The topological polar surface area (TPSA) is 101 Å². The Morgan fingerprint density at radius 2 is 1.97 bits per heavy atom. The fourth-order valence-corrected chi connectivity index (χ4v) is 5.59. The molecule has 1 aliphatic rings. The lowest BCUT2D eigenvalue weighted by Crippen LogP contribution is -2.43. The Morgan fingerprint density at radius 1 is 1.22 bits per heavy atom. The van der Waals surface area contributed by atoms with Crippen molar-refractivity contribution in [2.24, 2.45) is 5.92 Å². The molecule has 32 heavy (non-hydrogen) atoms. The number of anilines is 1. The number of methoxy groups -OCH3 is 1. The van der Waals surface area contributed by atoms with E-state index in [-0.39, 0.29) is 30.0 Å². The van der Waals surface area contributed by atoms with Gasteiger partial charge in [-0.3, -0.25) is 0 Å². The number of ether oxygens (including phenoxy) is 1. The minimum absolute atomic E-state index is 0.0984. The number of nitrogens with one attached hydrogen (secondary N) is 1. The first-order valence-electron chi connectivity index (χ1n) is 9.96. The quantitative estimate of drug-likeness (QED) is 0.566. The SMILES string of the molecule is COc1ccc(S(=O)(=O)CCC2CC(N(C)c3ncnc4[nH]ccc34)C2)c(C(F)(F)F)n1. The zero-order valence-electron chi connectivity index (χ0n) is 17.4. The van der Waals surface area contributed by atoms with E-state index in [4.69, 9.17) is 4.74 Å². The van der Waals surface area contributed by atoms with E-state index in [2.05, 4.69) is 19.9 Å². The molecule has 0 spiro atoms. The molecule has 1 fully saturated rings. The number of halogens is 3. The molecule has 3 aromatic rings. The normalized spacial score (nSPS) is 19.0. The Hall–Kier alpha value is -2.89. The molecule has 3 aromatic heterocycles. The summed E-state index contributed by atoms with van der Waals surface area (Å²) >= 11 is 0. The second kappa shape index (κ2) is 8.23. The molecule has 172 valence electrons. The molecule has 0 aliphatic heterocycles. The Labute approximate surface area is 182 Å². The third kappa shape index (κ3) is 4.23. The number of nitrogens with zero attached hydrogens (tertiary/aromatic N) is 4. The first-order valence-corrected chi connectivity index (χ1v) is 11.6. The van der Waals surface area contributed by atoms with Crippen molar-refractivity contribution in [3.05, 3.63) is 36.4 Å². The Balaban J connectivity index is 1.41. The number of hydrogen-bond donors (Lipinski definition) is 1. The van der Waals surface area contributed by atoms with Gasteiger partial charge in [0, 0.05) is 25.4 Å². The predicted molar refractivity (Wildman–Crippen MR) is 111 cm³/mol. The number of fused-ring (bicyclic) bond motifs is 1. The van der Waals surface area contributed by atoms with Crippen LogP contribution in [0.5, 0.6) is 5.88 Å². The third-order valence-corrected chi connectivity index (χ3v) is 7.64. The Bertz CT molecular complexity index is 1220. The van der Waals surface area contributed by atoms with Gasteiger partial charge < -0.3 is 14.6 Å². The average molecular weight is 469 g/mol. The first kappa shape index (κ1) is 22.3. The number of hydrogen-bond acceptors (Lipinski definition) is 7. The molecule has 1 aliphatic carbocycles. The fourth-order valence-electron chi connectivity index (χ4n) is 3.99. The van der Waals surface area contributed by atoms with Gasteiger partial charge in [0.15, 0.2) is 15.5 Å². The maximum absolute atomic E-state index is 13.4. The maximum Gasteiger partial charge on any atom is 0.434 e. The number of alkyl halides is 3. The molecule has 0 saturated heterocycles. The van der Waals surface area contributed by atoms with E-state index in [1.165, 1.54) is 13.4 Å². The van der Waals surface area contributed by atoms with Gasteiger partial charge in [-0.15, -0.1) is 0 Å². The molecular weight excluding hydrogens is 447 g/mol.